The van der Waals surface area contributed by atoms with Crippen LogP contribution in [0.25, 0.3) is 0 Å². The van der Waals surface area contributed by atoms with Gasteiger partial charge in [-0.25, -0.2) is 0 Å². The molecule has 13 atom stereocenters. The smallest absolute Gasteiger partial charge is 0.110 e. The Morgan fingerprint density at radius 3 is 2.34 bits per heavy atom. The molecule has 4 rings (SSSR count). The summed E-state index contributed by atoms with van der Waals surface area (Å²) in [4.78, 5) is 0. The van der Waals surface area contributed by atoms with Gasteiger partial charge < -0.3 is 30.6 Å². The zero-order chi connectivity index (χ0) is 25.9. The fourth-order valence-corrected chi connectivity index (χ4v) is 9.78. The van der Waals surface area contributed by atoms with E-state index in [0.717, 1.165) is 37.7 Å². The van der Waals surface area contributed by atoms with Crippen LogP contribution in [-0.4, -0.2) is 67.3 Å². The van der Waals surface area contributed by atoms with Gasteiger partial charge in [0.2, 0.25) is 0 Å². The maximum absolute atomic E-state index is 12.3. The molecule has 6 N–H and O–H groups in total. The van der Waals surface area contributed by atoms with Gasteiger partial charge in [-0.15, -0.1) is 0 Å². The summed E-state index contributed by atoms with van der Waals surface area (Å²) in [5, 5.41) is 66.9. The lowest BCUT2D eigenvalue weighted by Crippen LogP contribution is -2.63. The first-order chi connectivity index (χ1) is 16.4. The van der Waals surface area contributed by atoms with Crippen LogP contribution in [-0.2, 0) is 0 Å². The highest BCUT2D eigenvalue weighted by Crippen LogP contribution is 2.69. The fraction of sp³-hybridized carbons (Fsp3) is 0.931. The van der Waals surface area contributed by atoms with Crippen LogP contribution in [0.15, 0.2) is 12.2 Å². The average molecular weight is 495 g/mol. The molecule has 0 aromatic rings. The van der Waals surface area contributed by atoms with Crippen molar-refractivity contribution < 1.29 is 30.6 Å². The number of fused-ring (bicyclic) bond motifs is 5. The molecule has 6 nitrogen and oxygen atoms in total. The molecule has 0 aromatic carbocycles. The van der Waals surface area contributed by atoms with Gasteiger partial charge in [0.1, 0.15) is 11.7 Å². The highest BCUT2D eigenvalue weighted by atomic mass is 16.4. The lowest BCUT2D eigenvalue weighted by Gasteiger charge is -2.62. The summed E-state index contributed by atoms with van der Waals surface area (Å²) in [7, 11) is 0. The lowest BCUT2D eigenvalue weighted by atomic mass is 9.43. The number of allylic oxidation sites excluding steroid dienone is 1. The Labute approximate surface area is 211 Å². The largest absolute Gasteiger partial charge is 0.396 e. The minimum atomic E-state index is -1.57. The van der Waals surface area contributed by atoms with Gasteiger partial charge >= 0.3 is 0 Å². The molecule has 35 heavy (non-hydrogen) atoms. The van der Waals surface area contributed by atoms with Gasteiger partial charge in [-0.1, -0.05) is 32.9 Å². The van der Waals surface area contributed by atoms with Crippen molar-refractivity contribution >= 4 is 0 Å². The van der Waals surface area contributed by atoms with Gasteiger partial charge in [0.05, 0.1) is 24.9 Å². The summed E-state index contributed by atoms with van der Waals surface area (Å²) in [6.07, 6.45) is 2.93. The third kappa shape index (κ3) is 3.88. The summed E-state index contributed by atoms with van der Waals surface area (Å²) in [6.45, 7) is 12.2. The SMILES string of the molecule is C=C(C)C(CC)CC[C@@H](C)[C@@]1(O)C(O)C(O)[C@H]2[C@@H]3CCC4CC(O)C(O)C[C@]4(C)[C@H]3CC[C@@]21CO. The van der Waals surface area contributed by atoms with Crippen LogP contribution in [0.1, 0.15) is 85.5 Å². The molecule has 0 aromatic heterocycles. The van der Waals surface area contributed by atoms with Crippen LogP contribution in [0.3, 0.4) is 0 Å². The minimum absolute atomic E-state index is 0.0595. The Balaban J connectivity index is 1.65. The Morgan fingerprint density at radius 2 is 1.74 bits per heavy atom. The molecular formula is C29H50O6. The van der Waals surface area contributed by atoms with Gasteiger partial charge in [0, 0.05) is 11.3 Å². The normalized spacial score (nSPS) is 51.1. The second kappa shape index (κ2) is 9.67. The van der Waals surface area contributed by atoms with Crippen LogP contribution in [0, 0.1) is 46.3 Å². The Kier molecular flexibility index (Phi) is 7.60. The quantitative estimate of drug-likeness (QED) is 0.303. The zero-order valence-corrected chi connectivity index (χ0v) is 22.2. The monoisotopic (exact) mass is 494 g/mol. The molecule has 4 saturated carbocycles. The minimum Gasteiger partial charge on any atom is -0.396 e. The van der Waals surface area contributed by atoms with Gasteiger partial charge in [0.15, 0.2) is 0 Å². The molecule has 202 valence electrons. The summed E-state index contributed by atoms with van der Waals surface area (Å²) in [6, 6.07) is 0. The molecule has 4 fully saturated rings. The van der Waals surface area contributed by atoms with E-state index in [0.29, 0.717) is 37.5 Å². The fourth-order valence-electron chi connectivity index (χ4n) is 9.78. The molecule has 4 aliphatic carbocycles. The highest BCUT2D eigenvalue weighted by molar-refractivity contribution is 5.23. The van der Waals surface area contributed by atoms with E-state index in [2.05, 4.69) is 20.4 Å². The highest BCUT2D eigenvalue weighted by Gasteiger charge is 2.74. The molecular weight excluding hydrogens is 444 g/mol. The van der Waals surface area contributed by atoms with Gasteiger partial charge in [-0.2, -0.15) is 0 Å². The third-order valence-corrected chi connectivity index (χ3v) is 11.9. The molecule has 0 aliphatic heterocycles. The number of rotatable bonds is 7. The molecule has 6 heteroatoms. The van der Waals surface area contributed by atoms with Crippen molar-refractivity contribution in [2.75, 3.05) is 6.61 Å². The van der Waals surface area contributed by atoms with E-state index in [-0.39, 0.29) is 29.8 Å². The van der Waals surface area contributed by atoms with Crippen LogP contribution in [0.5, 0.6) is 0 Å². The van der Waals surface area contributed by atoms with Crippen molar-refractivity contribution in [3.05, 3.63) is 12.2 Å². The van der Waals surface area contributed by atoms with Crippen molar-refractivity contribution in [2.24, 2.45) is 46.3 Å². The van der Waals surface area contributed by atoms with Crippen molar-refractivity contribution in [3.8, 4) is 0 Å². The Hall–Kier alpha value is -0.500. The number of aliphatic hydroxyl groups excluding tert-OH is 5. The number of hydrogen-bond donors (Lipinski definition) is 6. The first-order valence-corrected chi connectivity index (χ1v) is 14.1. The summed E-state index contributed by atoms with van der Waals surface area (Å²) in [5.41, 5.74) is -1.55. The average Bonchev–Trinajstić information content (AvgIpc) is 2.99. The summed E-state index contributed by atoms with van der Waals surface area (Å²) < 4.78 is 0. The standard InChI is InChI=1S/C29H50O6/c1-6-18(16(2)3)8-7-17(4)29(35)26(34)25(33)24-20-10-9-19-13-22(31)23(32)14-27(19,5)21(20)11-12-28(24,29)15-30/h17-26,30-35H,2,6-15H2,1,3-5H3/t17-,18?,19?,20-,21+,22?,23?,24-,25?,26?,27+,28-,29-/m1/s1. The van der Waals surface area contributed by atoms with Gasteiger partial charge in [-0.05, 0) is 99.7 Å². The lowest BCUT2D eigenvalue weighted by molar-refractivity contribution is -0.218. The Morgan fingerprint density at radius 1 is 1.06 bits per heavy atom. The van der Waals surface area contributed by atoms with E-state index in [4.69, 9.17) is 0 Å². The maximum atomic E-state index is 12.3. The van der Waals surface area contributed by atoms with Crippen molar-refractivity contribution in [1.82, 2.24) is 0 Å². The van der Waals surface area contributed by atoms with E-state index in [9.17, 15) is 30.6 Å². The number of aliphatic hydroxyl groups is 6. The molecule has 0 saturated heterocycles. The molecule has 0 amide bonds. The second-order valence-corrected chi connectivity index (χ2v) is 13.2. The first-order valence-electron chi connectivity index (χ1n) is 14.1. The third-order valence-electron chi connectivity index (χ3n) is 11.9. The predicted molar refractivity (Wildman–Crippen MR) is 135 cm³/mol. The van der Waals surface area contributed by atoms with E-state index < -0.39 is 41.3 Å². The zero-order valence-electron chi connectivity index (χ0n) is 22.2. The molecule has 0 bridgehead atoms. The maximum Gasteiger partial charge on any atom is 0.110 e. The van der Waals surface area contributed by atoms with Crippen LogP contribution < -0.4 is 0 Å². The van der Waals surface area contributed by atoms with Crippen LogP contribution >= 0.6 is 0 Å². The molecule has 0 spiro atoms. The Bertz CT molecular complexity index is 787. The summed E-state index contributed by atoms with van der Waals surface area (Å²) in [5.74, 6) is 0.277. The molecule has 0 radical (unpaired) electrons. The molecule has 0 heterocycles. The first kappa shape index (κ1) is 27.5. The van der Waals surface area contributed by atoms with E-state index in [1.165, 1.54) is 0 Å². The topological polar surface area (TPSA) is 121 Å². The van der Waals surface area contributed by atoms with Gasteiger partial charge in [0.25, 0.3) is 0 Å². The van der Waals surface area contributed by atoms with Crippen LogP contribution in [0.4, 0.5) is 0 Å². The predicted octanol–water partition coefficient (Wildman–Crippen LogP) is 3.02. The van der Waals surface area contributed by atoms with E-state index in [1.807, 2.05) is 13.8 Å². The molecule has 4 aliphatic rings. The van der Waals surface area contributed by atoms with Crippen molar-refractivity contribution in [3.63, 3.8) is 0 Å². The number of hydrogen-bond acceptors (Lipinski definition) is 6. The second-order valence-electron chi connectivity index (χ2n) is 13.2. The van der Waals surface area contributed by atoms with Crippen LogP contribution in [0.2, 0.25) is 0 Å². The molecule has 6 unspecified atom stereocenters. The van der Waals surface area contributed by atoms with E-state index in [1.54, 1.807) is 0 Å². The van der Waals surface area contributed by atoms with Crippen molar-refractivity contribution in [2.45, 2.75) is 115 Å². The van der Waals surface area contributed by atoms with Gasteiger partial charge in [-0.3, -0.25) is 0 Å². The van der Waals surface area contributed by atoms with Crippen molar-refractivity contribution in [1.29, 1.82) is 0 Å². The summed E-state index contributed by atoms with van der Waals surface area (Å²) >= 11 is 0. The van der Waals surface area contributed by atoms with E-state index >= 15 is 0 Å².